The molecule has 1 heterocycles. The third-order valence-electron chi connectivity index (χ3n) is 3.58. The maximum atomic E-state index is 12.6. The first-order chi connectivity index (χ1) is 9.09. The number of aliphatic hydroxyl groups excluding tert-OH is 1. The Labute approximate surface area is 113 Å². The van der Waals surface area contributed by atoms with Crippen molar-refractivity contribution in [2.75, 3.05) is 13.2 Å². The predicted molar refractivity (Wildman–Crippen MR) is 71.2 cm³/mol. The zero-order chi connectivity index (χ0) is 13.9. The van der Waals surface area contributed by atoms with Gasteiger partial charge in [-0.3, -0.25) is 0 Å². The molecule has 1 aliphatic carbocycles. The van der Waals surface area contributed by atoms with Crippen LogP contribution in [-0.2, 0) is 16.4 Å². The summed E-state index contributed by atoms with van der Waals surface area (Å²) in [6.45, 7) is 1.90. The summed E-state index contributed by atoms with van der Waals surface area (Å²) >= 11 is 0. The lowest BCUT2D eigenvalue weighted by atomic mass is 10.2. The predicted octanol–water partition coefficient (Wildman–Crippen LogP) is 0.898. The zero-order valence-electron chi connectivity index (χ0n) is 11.2. The highest BCUT2D eigenvalue weighted by molar-refractivity contribution is 7.89. The Bertz CT molecular complexity index is 506. The van der Waals surface area contributed by atoms with Crippen LogP contribution in [0, 0.1) is 0 Å². The first-order valence-electron chi connectivity index (χ1n) is 6.76. The van der Waals surface area contributed by atoms with E-state index in [0.29, 0.717) is 12.2 Å². The molecule has 1 aromatic rings. The molecule has 1 saturated carbocycles. The number of rotatable bonds is 6. The normalized spacial score (nSPS) is 17.4. The standard InChI is InChI=1S/C12H21N3O3S/c1-2-11-13-9-12(14-11)19(17,18)15(7-8-16)10-5-3-4-6-10/h9-10,16H,2-8H2,1H3,(H,13,14). The molecule has 0 amide bonds. The van der Waals surface area contributed by atoms with Crippen LogP contribution in [0.5, 0.6) is 0 Å². The number of aromatic nitrogens is 2. The van der Waals surface area contributed by atoms with Crippen molar-refractivity contribution in [3.05, 3.63) is 12.0 Å². The minimum Gasteiger partial charge on any atom is -0.395 e. The number of H-pyrrole nitrogens is 1. The first-order valence-corrected chi connectivity index (χ1v) is 8.20. The van der Waals surface area contributed by atoms with Gasteiger partial charge in [0.1, 0.15) is 5.82 Å². The van der Waals surface area contributed by atoms with Crippen LogP contribution in [0.4, 0.5) is 0 Å². The van der Waals surface area contributed by atoms with Crippen molar-refractivity contribution in [3.8, 4) is 0 Å². The smallest absolute Gasteiger partial charge is 0.260 e. The van der Waals surface area contributed by atoms with E-state index in [-0.39, 0.29) is 24.2 Å². The lowest BCUT2D eigenvalue weighted by molar-refractivity contribution is 0.226. The van der Waals surface area contributed by atoms with E-state index in [0.717, 1.165) is 25.7 Å². The lowest BCUT2D eigenvalue weighted by Crippen LogP contribution is -2.40. The van der Waals surface area contributed by atoms with Crippen LogP contribution in [0.1, 0.15) is 38.4 Å². The number of aliphatic hydroxyl groups is 1. The lowest BCUT2D eigenvalue weighted by Gasteiger charge is -2.26. The van der Waals surface area contributed by atoms with Gasteiger partial charge in [-0.1, -0.05) is 19.8 Å². The molecule has 2 N–H and O–H groups in total. The second-order valence-corrected chi connectivity index (χ2v) is 6.68. The number of aromatic amines is 1. The first kappa shape index (κ1) is 14.5. The Hall–Kier alpha value is -0.920. The van der Waals surface area contributed by atoms with Crippen molar-refractivity contribution in [1.29, 1.82) is 0 Å². The number of sulfonamides is 1. The van der Waals surface area contributed by atoms with Crippen LogP contribution in [0.25, 0.3) is 0 Å². The van der Waals surface area contributed by atoms with E-state index in [2.05, 4.69) is 9.97 Å². The van der Waals surface area contributed by atoms with Gasteiger partial charge in [0.2, 0.25) is 0 Å². The molecule has 108 valence electrons. The van der Waals surface area contributed by atoms with Crippen molar-refractivity contribution in [2.24, 2.45) is 0 Å². The van der Waals surface area contributed by atoms with Gasteiger partial charge in [0, 0.05) is 19.0 Å². The maximum Gasteiger partial charge on any atom is 0.260 e. The Morgan fingerprint density at radius 1 is 1.47 bits per heavy atom. The third-order valence-corrected chi connectivity index (χ3v) is 5.44. The zero-order valence-corrected chi connectivity index (χ0v) is 12.0. The second-order valence-electron chi connectivity index (χ2n) is 4.83. The summed E-state index contributed by atoms with van der Waals surface area (Å²) in [7, 11) is -3.58. The topological polar surface area (TPSA) is 86.3 Å². The summed E-state index contributed by atoms with van der Waals surface area (Å²) < 4.78 is 26.6. The van der Waals surface area contributed by atoms with E-state index in [1.54, 1.807) is 0 Å². The van der Waals surface area contributed by atoms with Crippen LogP contribution in [0.3, 0.4) is 0 Å². The number of hydrogen-bond acceptors (Lipinski definition) is 4. The van der Waals surface area contributed by atoms with Gasteiger partial charge in [0.25, 0.3) is 10.0 Å². The highest BCUT2D eigenvalue weighted by Crippen LogP contribution is 2.27. The fourth-order valence-corrected chi connectivity index (χ4v) is 4.18. The van der Waals surface area contributed by atoms with Gasteiger partial charge in [-0.15, -0.1) is 0 Å². The largest absolute Gasteiger partial charge is 0.395 e. The Balaban J connectivity index is 2.27. The minimum atomic E-state index is -3.58. The van der Waals surface area contributed by atoms with Crippen LogP contribution < -0.4 is 0 Å². The van der Waals surface area contributed by atoms with E-state index in [9.17, 15) is 8.42 Å². The summed E-state index contributed by atoms with van der Waals surface area (Å²) in [5.41, 5.74) is 0. The molecule has 0 saturated heterocycles. The molecule has 1 aromatic heterocycles. The van der Waals surface area contributed by atoms with E-state index in [1.807, 2.05) is 6.92 Å². The summed E-state index contributed by atoms with van der Waals surface area (Å²) in [5.74, 6) is 0.661. The molecule has 19 heavy (non-hydrogen) atoms. The number of hydrogen-bond donors (Lipinski definition) is 2. The molecule has 0 unspecified atom stereocenters. The van der Waals surface area contributed by atoms with Crippen LogP contribution in [0.15, 0.2) is 11.2 Å². The van der Waals surface area contributed by atoms with E-state index in [1.165, 1.54) is 10.5 Å². The highest BCUT2D eigenvalue weighted by Gasteiger charge is 2.33. The number of imidazole rings is 1. The number of nitrogens with one attached hydrogen (secondary N) is 1. The summed E-state index contributed by atoms with van der Waals surface area (Å²) in [4.78, 5) is 6.89. The fraction of sp³-hybridized carbons (Fsp3) is 0.750. The molecule has 0 radical (unpaired) electrons. The average Bonchev–Trinajstić information content (AvgIpc) is 3.06. The van der Waals surface area contributed by atoms with Gasteiger partial charge in [-0.05, 0) is 12.8 Å². The number of nitrogens with zero attached hydrogens (tertiary/aromatic N) is 2. The van der Waals surface area contributed by atoms with Gasteiger partial charge >= 0.3 is 0 Å². The molecule has 0 atom stereocenters. The summed E-state index contributed by atoms with van der Waals surface area (Å²) in [6, 6.07) is 0.00512. The SMILES string of the molecule is CCc1ncc(S(=O)(=O)N(CCO)C2CCCC2)[nH]1. The Morgan fingerprint density at radius 3 is 2.68 bits per heavy atom. The third kappa shape index (κ3) is 2.98. The van der Waals surface area contributed by atoms with Crippen LogP contribution in [-0.4, -0.2) is 47.0 Å². The van der Waals surface area contributed by atoms with E-state index in [4.69, 9.17) is 5.11 Å². The van der Waals surface area contributed by atoms with Crippen LogP contribution >= 0.6 is 0 Å². The molecule has 6 nitrogen and oxygen atoms in total. The quantitative estimate of drug-likeness (QED) is 0.814. The average molecular weight is 287 g/mol. The van der Waals surface area contributed by atoms with Crippen molar-refractivity contribution in [2.45, 2.75) is 50.1 Å². The Morgan fingerprint density at radius 2 is 2.16 bits per heavy atom. The molecule has 1 fully saturated rings. The maximum absolute atomic E-state index is 12.6. The fourth-order valence-electron chi connectivity index (χ4n) is 2.57. The van der Waals surface area contributed by atoms with Crippen molar-refractivity contribution in [3.63, 3.8) is 0 Å². The van der Waals surface area contributed by atoms with Gasteiger partial charge in [0.15, 0.2) is 5.03 Å². The molecule has 0 spiro atoms. The molecular weight excluding hydrogens is 266 g/mol. The van der Waals surface area contributed by atoms with Gasteiger partial charge < -0.3 is 10.1 Å². The molecule has 0 aromatic carbocycles. The molecule has 7 heteroatoms. The van der Waals surface area contributed by atoms with Crippen molar-refractivity contribution >= 4 is 10.0 Å². The minimum absolute atomic E-state index is 0.00512. The molecule has 0 aliphatic heterocycles. The summed E-state index contributed by atoms with van der Waals surface area (Å²) in [6.07, 6.45) is 5.87. The van der Waals surface area contributed by atoms with Crippen molar-refractivity contribution in [1.82, 2.24) is 14.3 Å². The monoisotopic (exact) mass is 287 g/mol. The van der Waals surface area contributed by atoms with E-state index >= 15 is 0 Å². The molecule has 2 rings (SSSR count). The van der Waals surface area contributed by atoms with Gasteiger partial charge in [-0.2, -0.15) is 4.31 Å². The van der Waals surface area contributed by atoms with Crippen LogP contribution in [0.2, 0.25) is 0 Å². The number of aryl methyl sites for hydroxylation is 1. The van der Waals surface area contributed by atoms with E-state index < -0.39 is 10.0 Å². The summed E-state index contributed by atoms with van der Waals surface area (Å²) in [5, 5.41) is 9.26. The van der Waals surface area contributed by atoms with Crippen molar-refractivity contribution < 1.29 is 13.5 Å². The Kier molecular flexibility index (Phi) is 4.59. The molecule has 1 aliphatic rings. The molecular formula is C12H21N3O3S. The highest BCUT2D eigenvalue weighted by atomic mass is 32.2. The van der Waals surface area contributed by atoms with Gasteiger partial charge in [-0.25, -0.2) is 13.4 Å². The second kappa shape index (κ2) is 6.02. The molecule has 0 bridgehead atoms. The van der Waals surface area contributed by atoms with Gasteiger partial charge in [0.05, 0.1) is 12.8 Å².